The molecule has 0 aromatic heterocycles. The van der Waals surface area contributed by atoms with E-state index in [0.29, 0.717) is 0 Å². The average molecular weight is 258 g/mol. The largest absolute Gasteiger partial charge is 0.385 e. The first-order valence-corrected chi connectivity index (χ1v) is 7.44. The monoisotopic (exact) mass is 258 g/mol. The fraction of sp³-hybridized carbons (Fsp3) is 0.562. The predicted molar refractivity (Wildman–Crippen MR) is 77.6 cm³/mol. The molecule has 3 heteroatoms. The van der Waals surface area contributed by atoms with Gasteiger partial charge in [-0.25, -0.2) is 0 Å². The number of benzene rings is 1. The van der Waals surface area contributed by atoms with Gasteiger partial charge in [-0.1, -0.05) is 0 Å². The molecule has 2 aliphatic rings. The van der Waals surface area contributed by atoms with Crippen LogP contribution in [0.2, 0.25) is 0 Å². The van der Waals surface area contributed by atoms with Gasteiger partial charge < -0.3 is 10.2 Å². The Balaban J connectivity index is 1.77. The van der Waals surface area contributed by atoms with Crippen LogP contribution in [0.4, 0.5) is 5.69 Å². The molecule has 1 saturated carbocycles. The molecule has 19 heavy (non-hydrogen) atoms. The molecule has 1 aromatic carbocycles. The number of nitrogens with one attached hydrogen (secondary N) is 1. The van der Waals surface area contributed by atoms with E-state index in [1.54, 1.807) is 0 Å². The van der Waals surface area contributed by atoms with Crippen molar-refractivity contribution in [2.24, 2.45) is 5.92 Å². The average Bonchev–Trinajstić information content (AvgIpc) is 3.27. The van der Waals surface area contributed by atoms with Crippen molar-refractivity contribution in [2.75, 3.05) is 25.0 Å². The Kier molecular flexibility index (Phi) is 3.45. The Morgan fingerprint density at radius 2 is 2.26 bits per heavy atom. The van der Waals surface area contributed by atoms with Crippen molar-refractivity contribution in [3.8, 4) is 0 Å². The van der Waals surface area contributed by atoms with E-state index in [0.717, 1.165) is 44.0 Å². The summed E-state index contributed by atoms with van der Waals surface area (Å²) in [6.45, 7) is 4.86. The Morgan fingerprint density at radius 3 is 3.00 bits per heavy atom. The van der Waals surface area contributed by atoms with Gasteiger partial charge in [0.25, 0.3) is 5.91 Å². The third-order valence-electron chi connectivity index (χ3n) is 4.13. The molecule has 102 valence electrons. The van der Waals surface area contributed by atoms with Gasteiger partial charge >= 0.3 is 0 Å². The van der Waals surface area contributed by atoms with Crippen molar-refractivity contribution in [3.05, 3.63) is 29.3 Å². The van der Waals surface area contributed by atoms with E-state index in [2.05, 4.69) is 24.4 Å². The lowest BCUT2D eigenvalue weighted by Gasteiger charge is -2.23. The van der Waals surface area contributed by atoms with Gasteiger partial charge in [0.1, 0.15) is 0 Å². The van der Waals surface area contributed by atoms with Crippen LogP contribution in [0.1, 0.15) is 42.1 Å². The fourth-order valence-electron chi connectivity index (χ4n) is 2.76. The van der Waals surface area contributed by atoms with Crippen molar-refractivity contribution in [1.82, 2.24) is 4.90 Å². The minimum Gasteiger partial charge on any atom is -0.385 e. The third-order valence-corrected chi connectivity index (χ3v) is 4.13. The number of aryl methyl sites for hydroxylation is 1. The van der Waals surface area contributed by atoms with Gasteiger partial charge in [-0.2, -0.15) is 0 Å². The summed E-state index contributed by atoms with van der Waals surface area (Å²) in [5.74, 6) is 0.950. The van der Waals surface area contributed by atoms with E-state index in [1.165, 1.54) is 24.1 Å². The molecule has 3 nitrogen and oxygen atoms in total. The number of hydrogen-bond acceptors (Lipinski definition) is 2. The highest BCUT2D eigenvalue weighted by atomic mass is 16.2. The predicted octanol–water partition coefficient (Wildman–Crippen LogP) is 2.92. The van der Waals surface area contributed by atoms with E-state index in [-0.39, 0.29) is 5.91 Å². The van der Waals surface area contributed by atoms with Gasteiger partial charge in [0.15, 0.2) is 0 Å². The molecule has 0 unspecified atom stereocenters. The maximum atomic E-state index is 12.5. The molecule has 0 radical (unpaired) electrons. The van der Waals surface area contributed by atoms with E-state index >= 15 is 0 Å². The van der Waals surface area contributed by atoms with Crippen LogP contribution in [0.3, 0.4) is 0 Å². The smallest absolute Gasteiger partial charge is 0.253 e. The summed E-state index contributed by atoms with van der Waals surface area (Å²) in [6, 6.07) is 6.11. The van der Waals surface area contributed by atoms with E-state index in [4.69, 9.17) is 0 Å². The molecular formula is C16H22N2O. The SMILES string of the molecule is CCN(CC1CC1)C(=O)c1ccc2c(c1)CCCN2. The zero-order chi connectivity index (χ0) is 13.2. The minimum absolute atomic E-state index is 0.197. The highest BCUT2D eigenvalue weighted by Crippen LogP contribution is 2.30. The molecule has 0 saturated heterocycles. The van der Waals surface area contributed by atoms with E-state index in [9.17, 15) is 4.79 Å². The Hall–Kier alpha value is -1.51. The number of nitrogens with zero attached hydrogens (tertiary/aromatic N) is 1. The molecule has 3 rings (SSSR count). The summed E-state index contributed by atoms with van der Waals surface area (Å²) < 4.78 is 0. The lowest BCUT2D eigenvalue weighted by atomic mass is 10.0. The molecule has 0 bridgehead atoms. The van der Waals surface area contributed by atoms with Crippen molar-refractivity contribution in [3.63, 3.8) is 0 Å². The summed E-state index contributed by atoms with van der Waals surface area (Å²) in [4.78, 5) is 14.5. The number of fused-ring (bicyclic) bond motifs is 1. The standard InChI is InChI=1S/C16H22N2O/c1-2-18(11-12-5-6-12)16(19)14-7-8-15-13(10-14)4-3-9-17-15/h7-8,10,12,17H,2-6,9,11H2,1H3. The Labute approximate surface area is 115 Å². The molecule has 1 heterocycles. The first-order chi connectivity index (χ1) is 9.28. The maximum Gasteiger partial charge on any atom is 0.253 e. The van der Waals surface area contributed by atoms with Crippen molar-refractivity contribution >= 4 is 11.6 Å². The first kappa shape index (κ1) is 12.5. The molecule has 0 atom stereocenters. The van der Waals surface area contributed by atoms with Crippen LogP contribution in [0.25, 0.3) is 0 Å². The van der Waals surface area contributed by atoms with Crippen LogP contribution in [-0.2, 0) is 6.42 Å². The molecule has 0 spiro atoms. The number of anilines is 1. The van der Waals surface area contributed by atoms with Gasteiger partial charge in [-0.3, -0.25) is 4.79 Å². The van der Waals surface area contributed by atoms with Gasteiger partial charge in [0.2, 0.25) is 0 Å². The molecule has 1 amide bonds. The second-order valence-electron chi connectivity index (χ2n) is 5.69. The van der Waals surface area contributed by atoms with Gasteiger partial charge in [0, 0.05) is 30.9 Å². The number of carbonyl (C=O) groups excluding carboxylic acids is 1. The number of amides is 1. The van der Waals surface area contributed by atoms with Crippen LogP contribution >= 0.6 is 0 Å². The third kappa shape index (κ3) is 2.75. The van der Waals surface area contributed by atoms with Crippen molar-refractivity contribution < 1.29 is 4.79 Å². The van der Waals surface area contributed by atoms with Crippen LogP contribution in [0.5, 0.6) is 0 Å². The summed E-state index contributed by atoms with van der Waals surface area (Å²) in [7, 11) is 0. The van der Waals surface area contributed by atoms with Gasteiger partial charge in [0.05, 0.1) is 0 Å². The first-order valence-electron chi connectivity index (χ1n) is 7.44. The maximum absolute atomic E-state index is 12.5. The van der Waals surface area contributed by atoms with Gasteiger partial charge in [-0.15, -0.1) is 0 Å². The zero-order valence-corrected chi connectivity index (χ0v) is 11.6. The number of rotatable bonds is 4. The summed E-state index contributed by atoms with van der Waals surface area (Å²) in [5, 5.41) is 3.39. The van der Waals surface area contributed by atoms with Crippen LogP contribution in [0, 0.1) is 5.92 Å². The normalized spacial score (nSPS) is 17.5. The highest BCUT2D eigenvalue weighted by Gasteiger charge is 2.26. The lowest BCUT2D eigenvalue weighted by Crippen LogP contribution is -2.32. The lowest BCUT2D eigenvalue weighted by molar-refractivity contribution is 0.0757. The van der Waals surface area contributed by atoms with E-state index < -0.39 is 0 Å². The van der Waals surface area contributed by atoms with Crippen LogP contribution in [-0.4, -0.2) is 30.4 Å². The molecule has 1 aliphatic carbocycles. The zero-order valence-electron chi connectivity index (χ0n) is 11.6. The van der Waals surface area contributed by atoms with E-state index in [1.807, 2.05) is 11.0 Å². The Morgan fingerprint density at radius 1 is 1.42 bits per heavy atom. The van der Waals surface area contributed by atoms with Crippen LogP contribution < -0.4 is 5.32 Å². The number of hydrogen-bond donors (Lipinski definition) is 1. The topological polar surface area (TPSA) is 32.3 Å². The second kappa shape index (κ2) is 5.24. The summed E-state index contributed by atoms with van der Waals surface area (Å²) in [5.41, 5.74) is 3.34. The quantitative estimate of drug-likeness (QED) is 0.900. The Bertz CT molecular complexity index is 480. The second-order valence-corrected chi connectivity index (χ2v) is 5.69. The van der Waals surface area contributed by atoms with Crippen molar-refractivity contribution in [1.29, 1.82) is 0 Å². The van der Waals surface area contributed by atoms with Gasteiger partial charge in [-0.05, 0) is 62.3 Å². The summed E-state index contributed by atoms with van der Waals surface area (Å²) in [6.07, 6.45) is 4.82. The molecular weight excluding hydrogens is 236 g/mol. The van der Waals surface area contributed by atoms with Crippen LogP contribution in [0.15, 0.2) is 18.2 Å². The highest BCUT2D eigenvalue weighted by molar-refractivity contribution is 5.95. The molecule has 1 aromatic rings. The minimum atomic E-state index is 0.197. The molecule has 1 fully saturated rings. The van der Waals surface area contributed by atoms with Crippen molar-refractivity contribution in [2.45, 2.75) is 32.6 Å². The number of carbonyl (C=O) groups is 1. The molecule has 1 aliphatic heterocycles. The molecule has 1 N–H and O–H groups in total. The summed E-state index contributed by atoms with van der Waals surface area (Å²) >= 11 is 0. The fourth-order valence-corrected chi connectivity index (χ4v) is 2.76.